The van der Waals surface area contributed by atoms with Gasteiger partial charge in [-0.2, -0.15) is 0 Å². The maximum Gasteiger partial charge on any atom is 0.308 e. The van der Waals surface area contributed by atoms with Crippen molar-refractivity contribution in [3.63, 3.8) is 0 Å². The van der Waals surface area contributed by atoms with Gasteiger partial charge >= 0.3 is 5.97 Å². The summed E-state index contributed by atoms with van der Waals surface area (Å²) in [5, 5.41) is 23.1. The van der Waals surface area contributed by atoms with Crippen LogP contribution in [-0.2, 0) is 9.53 Å². The van der Waals surface area contributed by atoms with E-state index in [4.69, 9.17) is 4.74 Å². The first kappa shape index (κ1) is 17.4. The van der Waals surface area contributed by atoms with Crippen LogP contribution in [0.4, 0.5) is 0 Å². The van der Waals surface area contributed by atoms with Gasteiger partial charge in [0.15, 0.2) is 0 Å². The molecule has 0 aliphatic heterocycles. The zero-order valence-corrected chi connectivity index (χ0v) is 12.7. The molecular weight excluding hydrogens is 258 g/mol. The van der Waals surface area contributed by atoms with Crippen LogP contribution in [0.25, 0.3) is 0 Å². The van der Waals surface area contributed by atoms with Crippen LogP contribution in [0.2, 0.25) is 0 Å². The second kappa shape index (κ2) is 8.60. The molecule has 0 aromatic carbocycles. The zero-order valence-electron chi connectivity index (χ0n) is 12.7. The molecule has 3 N–H and O–H groups in total. The fourth-order valence-electron chi connectivity index (χ4n) is 2.62. The largest absolute Gasteiger partial charge is 0.466 e. The first-order chi connectivity index (χ1) is 9.50. The molecule has 0 heterocycles. The van der Waals surface area contributed by atoms with Gasteiger partial charge in [0.2, 0.25) is 0 Å². The monoisotopic (exact) mass is 287 g/mol. The fraction of sp³-hybridized carbons (Fsp3) is 0.933. The quantitative estimate of drug-likeness (QED) is 0.462. The van der Waals surface area contributed by atoms with E-state index >= 15 is 0 Å². The summed E-state index contributed by atoms with van der Waals surface area (Å²) >= 11 is 0. The van der Waals surface area contributed by atoms with Gasteiger partial charge in [-0.1, -0.05) is 6.92 Å². The summed E-state index contributed by atoms with van der Waals surface area (Å²) in [7, 11) is 0. The summed E-state index contributed by atoms with van der Waals surface area (Å²) in [6.45, 7) is 5.42. The lowest BCUT2D eigenvalue weighted by Gasteiger charge is -2.35. The Morgan fingerprint density at radius 3 is 2.60 bits per heavy atom. The summed E-state index contributed by atoms with van der Waals surface area (Å²) in [6, 6.07) is 0. The number of aliphatic hydroxyl groups excluding tert-OH is 1. The standard InChI is InChI=1S/C15H29NO4/c1-3-13(17)7-10-16-11-15(19)8-5-12(6-9-15)14(18)20-4-2/h12-13,16-17,19H,3-11H2,1-2H3. The van der Waals surface area contributed by atoms with Crippen molar-refractivity contribution in [2.75, 3.05) is 19.7 Å². The van der Waals surface area contributed by atoms with Crippen LogP contribution in [0, 0.1) is 5.92 Å². The van der Waals surface area contributed by atoms with Crippen molar-refractivity contribution < 1.29 is 19.7 Å². The number of rotatable bonds is 8. The lowest BCUT2D eigenvalue weighted by Crippen LogP contribution is -2.45. The summed E-state index contributed by atoms with van der Waals surface area (Å²) < 4.78 is 5.02. The van der Waals surface area contributed by atoms with E-state index in [2.05, 4.69) is 5.32 Å². The smallest absolute Gasteiger partial charge is 0.308 e. The minimum absolute atomic E-state index is 0.0582. The van der Waals surface area contributed by atoms with E-state index in [1.54, 1.807) is 0 Å². The number of hydrogen-bond donors (Lipinski definition) is 3. The van der Waals surface area contributed by atoms with Crippen molar-refractivity contribution in [1.29, 1.82) is 0 Å². The number of aliphatic hydroxyl groups is 2. The molecule has 0 radical (unpaired) electrons. The fourth-order valence-corrected chi connectivity index (χ4v) is 2.62. The van der Waals surface area contributed by atoms with Crippen LogP contribution in [0.1, 0.15) is 52.4 Å². The highest BCUT2D eigenvalue weighted by atomic mass is 16.5. The highest BCUT2D eigenvalue weighted by Crippen LogP contribution is 2.32. The lowest BCUT2D eigenvalue weighted by molar-refractivity contribution is -0.151. The van der Waals surface area contributed by atoms with Crippen LogP contribution >= 0.6 is 0 Å². The third kappa shape index (κ3) is 5.77. The average Bonchev–Trinajstić information content (AvgIpc) is 2.44. The number of carbonyl (C=O) groups is 1. The highest BCUT2D eigenvalue weighted by molar-refractivity contribution is 5.72. The Kier molecular flexibility index (Phi) is 7.48. The second-order valence-corrected chi connectivity index (χ2v) is 5.78. The normalized spacial score (nSPS) is 28.1. The van der Waals surface area contributed by atoms with Gasteiger partial charge < -0.3 is 20.3 Å². The van der Waals surface area contributed by atoms with Crippen LogP contribution < -0.4 is 5.32 Å². The Morgan fingerprint density at radius 1 is 1.40 bits per heavy atom. The zero-order chi connectivity index (χ0) is 15.0. The van der Waals surface area contributed by atoms with Gasteiger partial charge in [0.1, 0.15) is 0 Å². The summed E-state index contributed by atoms with van der Waals surface area (Å²) in [5.74, 6) is -0.189. The second-order valence-electron chi connectivity index (χ2n) is 5.78. The maximum atomic E-state index is 11.6. The Bertz CT molecular complexity index is 288. The van der Waals surface area contributed by atoms with Gasteiger partial charge in [-0.3, -0.25) is 4.79 Å². The molecule has 1 unspecified atom stereocenters. The molecule has 1 aliphatic carbocycles. The molecule has 1 rings (SSSR count). The molecule has 0 aromatic heterocycles. The summed E-state index contributed by atoms with van der Waals surface area (Å²) in [6.07, 6.45) is 3.82. The number of esters is 1. The molecule has 0 aromatic rings. The third-order valence-electron chi connectivity index (χ3n) is 4.12. The van der Waals surface area contributed by atoms with Crippen LogP contribution in [0.5, 0.6) is 0 Å². The van der Waals surface area contributed by atoms with Gasteiger partial charge in [-0.05, 0) is 52.0 Å². The molecule has 5 heteroatoms. The molecule has 0 amide bonds. The van der Waals surface area contributed by atoms with Gasteiger partial charge in [-0.25, -0.2) is 0 Å². The summed E-state index contributed by atoms with van der Waals surface area (Å²) in [4.78, 5) is 11.6. The topological polar surface area (TPSA) is 78.8 Å². The first-order valence-electron chi connectivity index (χ1n) is 7.78. The molecule has 1 fully saturated rings. The van der Waals surface area contributed by atoms with Crippen molar-refractivity contribution in [1.82, 2.24) is 5.32 Å². The minimum Gasteiger partial charge on any atom is -0.466 e. The van der Waals surface area contributed by atoms with E-state index in [0.717, 1.165) is 6.42 Å². The highest BCUT2D eigenvalue weighted by Gasteiger charge is 2.35. The molecule has 118 valence electrons. The molecule has 0 spiro atoms. The number of carbonyl (C=O) groups excluding carboxylic acids is 1. The average molecular weight is 287 g/mol. The van der Waals surface area contributed by atoms with E-state index < -0.39 is 5.60 Å². The lowest BCUT2D eigenvalue weighted by atomic mass is 9.79. The van der Waals surface area contributed by atoms with Gasteiger partial charge in [0, 0.05) is 6.54 Å². The Labute approximate surface area is 121 Å². The maximum absolute atomic E-state index is 11.6. The molecule has 20 heavy (non-hydrogen) atoms. The molecule has 1 aliphatic rings. The van der Waals surface area contributed by atoms with Crippen molar-refractivity contribution in [3.8, 4) is 0 Å². The Balaban J connectivity index is 2.23. The molecule has 0 bridgehead atoms. The van der Waals surface area contributed by atoms with Crippen molar-refractivity contribution in [2.24, 2.45) is 5.92 Å². The Hall–Kier alpha value is -0.650. The molecule has 1 saturated carbocycles. The van der Waals surface area contributed by atoms with E-state index in [1.165, 1.54) is 0 Å². The van der Waals surface area contributed by atoms with Crippen molar-refractivity contribution in [3.05, 3.63) is 0 Å². The number of hydrogen-bond acceptors (Lipinski definition) is 5. The van der Waals surface area contributed by atoms with E-state index in [1.807, 2.05) is 13.8 Å². The molecule has 1 atom stereocenters. The Morgan fingerprint density at radius 2 is 2.05 bits per heavy atom. The predicted octanol–water partition coefficient (Wildman–Crippen LogP) is 1.22. The van der Waals surface area contributed by atoms with Gasteiger partial charge in [0.25, 0.3) is 0 Å². The molecule has 0 saturated heterocycles. The van der Waals surface area contributed by atoms with E-state index in [9.17, 15) is 15.0 Å². The minimum atomic E-state index is -0.722. The van der Waals surface area contributed by atoms with Gasteiger partial charge in [0.05, 0.1) is 24.2 Å². The van der Waals surface area contributed by atoms with Crippen LogP contribution in [-0.4, -0.2) is 47.6 Å². The van der Waals surface area contributed by atoms with Crippen LogP contribution in [0.15, 0.2) is 0 Å². The van der Waals surface area contributed by atoms with E-state index in [0.29, 0.717) is 51.8 Å². The van der Waals surface area contributed by atoms with E-state index in [-0.39, 0.29) is 18.0 Å². The molecule has 5 nitrogen and oxygen atoms in total. The SMILES string of the molecule is CCOC(=O)C1CCC(O)(CNCCC(O)CC)CC1. The van der Waals surface area contributed by atoms with Crippen LogP contribution in [0.3, 0.4) is 0 Å². The predicted molar refractivity (Wildman–Crippen MR) is 77.3 cm³/mol. The number of ether oxygens (including phenoxy) is 1. The number of nitrogens with one attached hydrogen (secondary N) is 1. The molecular formula is C15H29NO4. The van der Waals surface area contributed by atoms with Crippen molar-refractivity contribution in [2.45, 2.75) is 64.1 Å². The summed E-state index contributed by atoms with van der Waals surface area (Å²) in [5.41, 5.74) is -0.722. The third-order valence-corrected chi connectivity index (χ3v) is 4.12. The van der Waals surface area contributed by atoms with Gasteiger partial charge in [-0.15, -0.1) is 0 Å². The van der Waals surface area contributed by atoms with Crippen molar-refractivity contribution >= 4 is 5.97 Å². The first-order valence-corrected chi connectivity index (χ1v) is 7.78.